The standard InChI is InChI=1S/C16H20N4O4S/c1-10(2)7-8-25-16-19-18-14(24-16)9-17-15(21)12-5-4-6-13(11(12)3)20(22)23/h4-6,10H,7-9H2,1-3H3,(H,17,21). The summed E-state index contributed by atoms with van der Waals surface area (Å²) in [5.41, 5.74) is 0.481. The second-order valence-electron chi connectivity index (χ2n) is 5.88. The van der Waals surface area contributed by atoms with Gasteiger partial charge in [0.25, 0.3) is 16.8 Å². The van der Waals surface area contributed by atoms with E-state index in [1.165, 1.54) is 23.9 Å². The highest BCUT2D eigenvalue weighted by Gasteiger charge is 2.18. The van der Waals surface area contributed by atoms with Crippen LogP contribution in [0.4, 0.5) is 5.69 Å². The lowest BCUT2D eigenvalue weighted by Gasteiger charge is -2.06. The topological polar surface area (TPSA) is 111 Å². The van der Waals surface area contributed by atoms with E-state index in [1.54, 1.807) is 13.0 Å². The summed E-state index contributed by atoms with van der Waals surface area (Å²) in [5, 5.41) is 21.9. The third-order valence-electron chi connectivity index (χ3n) is 3.52. The SMILES string of the molecule is Cc1c(C(=O)NCc2nnc(SCCC(C)C)o2)cccc1[N+](=O)[O-]. The summed E-state index contributed by atoms with van der Waals surface area (Å²) in [6, 6.07) is 4.39. The summed E-state index contributed by atoms with van der Waals surface area (Å²) in [6.45, 7) is 5.90. The zero-order chi connectivity index (χ0) is 18.4. The molecule has 0 atom stereocenters. The van der Waals surface area contributed by atoms with E-state index in [2.05, 4.69) is 29.4 Å². The molecule has 0 bridgehead atoms. The predicted octanol–water partition coefficient (Wildman–Crippen LogP) is 3.35. The Kier molecular flexibility index (Phi) is 6.51. The number of amides is 1. The molecule has 1 aromatic heterocycles. The number of nitrogens with one attached hydrogen (secondary N) is 1. The van der Waals surface area contributed by atoms with Crippen LogP contribution < -0.4 is 5.32 Å². The number of thioether (sulfide) groups is 1. The Morgan fingerprint density at radius 3 is 2.84 bits per heavy atom. The van der Waals surface area contributed by atoms with E-state index in [4.69, 9.17) is 4.42 Å². The molecule has 8 nitrogen and oxygen atoms in total. The van der Waals surface area contributed by atoms with Crippen LogP contribution in [-0.4, -0.2) is 26.8 Å². The maximum atomic E-state index is 12.2. The number of hydrogen-bond donors (Lipinski definition) is 1. The van der Waals surface area contributed by atoms with Crippen molar-refractivity contribution in [3.05, 3.63) is 45.3 Å². The Morgan fingerprint density at radius 2 is 2.16 bits per heavy atom. The lowest BCUT2D eigenvalue weighted by atomic mass is 10.1. The summed E-state index contributed by atoms with van der Waals surface area (Å²) in [4.78, 5) is 22.7. The highest BCUT2D eigenvalue weighted by atomic mass is 32.2. The second-order valence-corrected chi connectivity index (χ2v) is 6.93. The summed E-state index contributed by atoms with van der Waals surface area (Å²) in [5.74, 6) is 1.36. The molecule has 1 heterocycles. The number of nitro groups is 1. The number of carbonyl (C=O) groups is 1. The van der Waals surface area contributed by atoms with Crippen molar-refractivity contribution in [1.82, 2.24) is 15.5 Å². The lowest BCUT2D eigenvalue weighted by Crippen LogP contribution is -2.24. The first-order chi connectivity index (χ1) is 11.9. The summed E-state index contributed by atoms with van der Waals surface area (Å²) in [7, 11) is 0. The van der Waals surface area contributed by atoms with Crippen molar-refractivity contribution < 1.29 is 14.1 Å². The zero-order valence-corrected chi connectivity index (χ0v) is 15.1. The van der Waals surface area contributed by atoms with Crippen LogP contribution in [0.5, 0.6) is 0 Å². The van der Waals surface area contributed by atoms with Crippen LogP contribution in [0.25, 0.3) is 0 Å². The molecule has 0 saturated carbocycles. The largest absolute Gasteiger partial charge is 0.414 e. The Morgan fingerprint density at radius 1 is 1.40 bits per heavy atom. The number of benzene rings is 1. The molecule has 9 heteroatoms. The van der Waals surface area contributed by atoms with Crippen LogP contribution in [0.15, 0.2) is 27.8 Å². The van der Waals surface area contributed by atoms with Gasteiger partial charge in [-0.3, -0.25) is 14.9 Å². The molecule has 1 amide bonds. The van der Waals surface area contributed by atoms with Crippen LogP contribution in [0.3, 0.4) is 0 Å². The smallest absolute Gasteiger partial charge is 0.276 e. The van der Waals surface area contributed by atoms with Crippen molar-refractivity contribution in [2.45, 2.75) is 39.0 Å². The van der Waals surface area contributed by atoms with Crippen molar-refractivity contribution in [2.75, 3.05) is 5.75 Å². The number of hydrogen-bond acceptors (Lipinski definition) is 7. The van der Waals surface area contributed by atoms with Gasteiger partial charge in [0.2, 0.25) is 5.89 Å². The van der Waals surface area contributed by atoms with E-state index in [0.717, 1.165) is 12.2 Å². The fourth-order valence-corrected chi connectivity index (χ4v) is 3.09. The van der Waals surface area contributed by atoms with Crippen molar-refractivity contribution in [3.8, 4) is 0 Å². The van der Waals surface area contributed by atoms with Crippen molar-refractivity contribution in [1.29, 1.82) is 0 Å². The Labute approximate surface area is 149 Å². The van der Waals surface area contributed by atoms with Gasteiger partial charge in [-0.2, -0.15) is 0 Å². The molecule has 2 aromatic rings. The Balaban J connectivity index is 1.93. The molecular formula is C16H20N4O4S. The minimum Gasteiger partial charge on any atom is -0.414 e. The average molecular weight is 364 g/mol. The number of carbonyl (C=O) groups excluding carboxylic acids is 1. The van der Waals surface area contributed by atoms with E-state index in [9.17, 15) is 14.9 Å². The summed E-state index contributed by atoms with van der Waals surface area (Å²) < 4.78 is 5.46. The maximum absolute atomic E-state index is 12.2. The molecule has 0 fully saturated rings. The van der Waals surface area contributed by atoms with E-state index in [-0.39, 0.29) is 17.8 Å². The molecule has 0 aliphatic rings. The number of nitro benzene ring substituents is 1. The Hall–Kier alpha value is -2.42. The summed E-state index contributed by atoms with van der Waals surface area (Å²) >= 11 is 1.48. The molecule has 1 N–H and O–H groups in total. The first-order valence-corrected chi connectivity index (χ1v) is 8.84. The molecule has 0 aliphatic carbocycles. The van der Waals surface area contributed by atoms with E-state index < -0.39 is 10.8 Å². The van der Waals surface area contributed by atoms with E-state index >= 15 is 0 Å². The molecule has 25 heavy (non-hydrogen) atoms. The monoisotopic (exact) mass is 364 g/mol. The average Bonchev–Trinajstić information content (AvgIpc) is 3.00. The van der Waals surface area contributed by atoms with E-state index in [0.29, 0.717) is 22.6 Å². The normalized spacial score (nSPS) is 10.9. The lowest BCUT2D eigenvalue weighted by molar-refractivity contribution is -0.385. The van der Waals surface area contributed by atoms with Gasteiger partial charge in [0.15, 0.2) is 0 Å². The highest BCUT2D eigenvalue weighted by molar-refractivity contribution is 7.99. The molecule has 2 rings (SSSR count). The molecule has 0 unspecified atom stereocenters. The second kappa shape index (κ2) is 8.61. The van der Waals surface area contributed by atoms with Gasteiger partial charge < -0.3 is 9.73 Å². The van der Waals surface area contributed by atoms with Crippen molar-refractivity contribution in [3.63, 3.8) is 0 Å². The first kappa shape index (κ1) is 18.9. The minimum atomic E-state index is -0.509. The summed E-state index contributed by atoms with van der Waals surface area (Å²) in [6.07, 6.45) is 1.05. The minimum absolute atomic E-state index is 0.0682. The zero-order valence-electron chi connectivity index (χ0n) is 14.3. The molecule has 134 valence electrons. The van der Waals surface area contributed by atoms with E-state index in [1.807, 2.05) is 0 Å². The van der Waals surface area contributed by atoms with Crippen molar-refractivity contribution in [2.24, 2.45) is 5.92 Å². The fraction of sp³-hybridized carbons (Fsp3) is 0.438. The quantitative estimate of drug-likeness (QED) is 0.434. The highest BCUT2D eigenvalue weighted by Crippen LogP contribution is 2.21. The van der Waals surface area contributed by atoms with Gasteiger partial charge in [0.1, 0.15) is 0 Å². The van der Waals surface area contributed by atoms with Crippen LogP contribution in [0.2, 0.25) is 0 Å². The van der Waals surface area contributed by atoms with Gasteiger partial charge in [0, 0.05) is 22.9 Å². The molecule has 0 spiro atoms. The number of aromatic nitrogens is 2. The predicted molar refractivity (Wildman–Crippen MR) is 93.5 cm³/mol. The van der Waals surface area contributed by atoms with Gasteiger partial charge in [-0.15, -0.1) is 10.2 Å². The number of rotatable bonds is 8. The molecule has 0 aliphatic heterocycles. The van der Waals surface area contributed by atoms with Crippen LogP contribution >= 0.6 is 11.8 Å². The first-order valence-electron chi connectivity index (χ1n) is 7.86. The fourth-order valence-electron chi connectivity index (χ4n) is 2.07. The molecular weight excluding hydrogens is 344 g/mol. The Bertz CT molecular complexity index is 760. The third kappa shape index (κ3) is 5.28. The molecule has 0 radical (unpaired) electrons. The van der Waals surface area contributed by atoms with Gasteiger partial charge in [-0.05, 0) is 25.3 Å². The maximum Gasteiger partial charge on any atom is 0.276 e. The van der Waals surface area contributed by atoms with Crippen LogP contribution in [0.1, 0.15) is 42.1 Å². The van der Waals surface area contributed by atoms with Crippen LogP contribution in [0, 0.1) is 23.0 Å². The van der Waals surface area contributed by atoms with Gasteiger partial charge in [0.05, 0.1) is 11.5 Å². The van der Waals surface area contributed by atoms with Gasteiger partial charge >= 0.3 is 0 Å². The molecule has 0 saturated heterocycles. The third-order valence-corrected chi connectivity index (χ3v) is 4.37. The van der Waals surface area contributed by atoms with Gasteiger partial charge in [-0.1, -0.05) is 31.7 Å². The van der Waals surface area contributed by atoms with Gasteiger partial charge in [-0.25, -0.2) is 0 Å². The molecule has 1 aromatic carbocycles. The van der Waals surface area contributed by atoms with Crippen molar-refractivity contribution >= 4 is 23.4 Å². The number of nitrogens with zero attached hydrogens (tertiary/aromatic N) is 3. The van der Waals surface area contributed by atoms with Crippen LogP contribution in [-0.2, 0) is 6.54 Å².